The van der Waals surface area contributed by atoms with Crippen molar-refractivity contribution in [3.63, 3.8) is 0 Å². The van der Waals surface area contributed by atoms with Crippen LogP contribution >= 0.6 is 0 Å². The molecule has 9 aromatic rings. The summed E-state index contributed by atoms with van der Waals surface area (Å²) in [7, 11) is 0. The van der Waals surface area contributed by atoms with Crippen LogP contribution in [-0.4, -0.2) is 15.0 Å². The molecule has 0 amide bonds. The summed E-state index contributed by atoms with van der Waals surface area (Å²) in [6, 6.07) is 47.7. The van der Waals surface area contributed by atoms with Gasteiger partial charge in [0.15, 0.2) is 0 Å². The van der Waals surface area contributed by atoms with Gasteiger partial charge in [0, 0.05) is 61.2 Å². The number of aromatic nitrogens is 3. The van der Waals surface area contributed by atoms with Gasteiger partial charge in [-0.2, -0.15) is 0 Å². The predicted octanol–water partition coefficient (Wildman–Crippen LogP) is 11.8. The molecule has 5 aromatic carbocycles. The quantitative estimate of drug-likeness (QED) is 0.166. The third-order valence-electron chi connectivity index (χ3n) is 9.21. The van der Waals surface area contributed by atoms with E-state index in [4.69, 9.17) is 9.40 Å². The Morgan fingerprint density at radius 1 is 0.588 bits per heavy atom. The largest absolute Gasteiger partial charge is 0.500 e. The van der Waals surface area contributed by atoms with Crippen LogP contribution in [0.1, 0.15) is 16.7 Å². The number of hydrogen-bond donors (Lipinski definition) is 0. The second-order valence-corrected chi connectivity index (χ2v) is 12.5. The fraction of sp³-hybridized carbons (Fsp3) is 0.0652. The van der Waals surface area contributed by atoms with Crippen molar-refractivity contribution in [2.24, 2.45) is 0 Å². The average molecular weight is 836 g/mol. The number of aryl methyl sites for hydroxylation is 2. The van der Waals surface area contributed by atoms with Crippen LogP contribution in [0.2, 0.25) is 0 Å². The molecule has 4 nitrogen and oxygen atoms in total. The first-order valence-corrected chi connectivity index (χ1v) is 16.7. The molecule has 0 bridgehead atoms. The van der Waals surface area contributed by atoms with Gasteiger partial charge in [0.2, 0.25) is 0 Å². The monoisotopic (exact) mass is 836 g/mol. The normalized spacial score (nSPS) is 10.9. The van der Waals surface area contributed by atoms with Crippen LogP contribution in [0.4, 0.5) is 0 Å². The summed E-state index contributed by atoms with van der Waals surface area (Å²) in [5.74, 6) is 0. The molecule has 0 unspecified atom stereocenters. The van der Waals surface area contributed by atoms with Gasteiger partial charge in [0.05, 0.1) is 5.58 Å². The van der Waals surface area contributed by atoms with E-state index in [1.54, 1.807) is 0 Å². The van der Waals surface area contributed by atoms with Crippen LogP contribution < -0.4 is 0 Å². The zero-order valence-corrected chi connectivity index (χ0v) is 30.8. The van der Waals surface area contributed by atoms with Crippen molar-refractivity contribution in [3.8, 4) is 44.8 Å². The Morgan fingerprint density at radius 3 is 2.24 bits per heavy atom. The first-order valence-electron chi connectivity index (χ1n) is 16.7. The van der Waals surface area contributed by atoms with Gasteiger partial charge in [-0.15, -0.1) is 54.1 Å². The Hall–Kier alpha value is -5.74. The maximum absolute atomic E-state index is 6.72. The van der Waals surface area contributed by atoms with E-state index < -0.39 is 0 Å². The van der Waals surface area contributed by atoms with Gasteiger partial charge in [0.1, 0.15) is 5.58 Å². The molecule has 0 N–H and O–H groups in total. The molecule has 0 aliphatic rings. The predicted molar refractivity (Wildman–Crippen MR) is 205 cm³/mol. The van der Waals surface area contributed by atoms with Crippen LogP contribution in [0.15, 0.2) is 151 Å². The summed E-state index contributed by atoms with van der Waals surface area (Å²) < 4.78 is 6.72. The summed E-state index contributed by atoms with van der Waals surface area (Å²) in [6.45, 7) is 6.37. The van der Waals surface area contributed by atoms with Crippen LogP contribution in [-0.2, 0) is 20.1 Å². The van der Waals surface area contributed by atoms with Crippen LogP contribution in [0.25, 0.3) is 77.5 Å². The molecular formula is C46H33IrN3O-2. The smallest absolute Gasteiger partial charge is 0.128 e. The summed E-state index contributed by atoms with van der Waals surface area (Å²) in [5.41, 5.74) is 13.6. The molecular weight excluding hydrogens is 803 g/mol. The minimum Gasteiger partial charge on any atom is -0.500 e. The van der Waals surface area contributed by atoms with Crippen molar-refractivity contribution in [1.82, 2.24) is 15.0 Å². The average Bonchev–Trinajstić information content (AvgIpc) is 3.56. The fourth-order valence-electron chi connectivity index (χ4n) is 6.54. The number of nitrogens with zero attached hydrogens (tertiary/aromatic N) is 3. The third-order valence-corrected chi connectivity index (χ3v) is 9.21. The zero-order valence-electron chi connectivity index (χ0n) is 28.4. The van der Waals surface area contributed by atoms with Crippen molar-refractivity contribution in [2.75, 3.05) is 0 Å². The molecule has 0 aliphatic carbocycles. The molecule has 4 aromatic heterocycles. The maximum atomic E-state index is 6.72. The Labute approximate surface area is 311 Å². The molecule has 1 radical (unpaired) electrons. The van der Waals surface area contributed by atoms with E-state index in [2.05, 4.69) is 109 Å². The van der Waals surface area contributed by atoms with Gasteiger partial charge in [-0.3, -0.25) is 4.98 Å². The van der Waals surface area contributed by atoms with Crippen molar-refractivity contribution < 1.29 is 24.5 Å². The fourth-order valence-corrected chi connectivity index (χ4v) is 6.54. The van der Waals surface area contributed by atoms with E-state index in [1.807, 2.05) is 80.2 Å². The summed E-state index contributed by atoms with van der Waals surface area (Å²) in [6.07, 6.45) is 7.53. The van der Waals surface area contributed by atoms with E-state index in [0.717, 1.165) is 66.5 Å². The molecule has 0 spiro atoms. The van der Waals surface area contributed by atoms with E-state index in [0.29, 0.717) is 0 Å². The molecule has 0 saturated heterocycles. The second-order valence-electron chi connectivity index (χ2n) is 12.5. The molecule has 51 heavy (non-hydrogen) atoms. The third kappa shape index (κ3) is 6.62. The summed E-state index contributed by atoms with van der Waals surface area (Å²) in [5, 5.41) is 4.45. The van der Waals surface area contributed by atoms with Crippen LogP contribution in [0.5, 0.6) is 0 Å². The first kappa shape index (κ1) is 33.7. The Morgan fingerprint density at radius 2 is 1.43 bits per heavy atom. The van der Waals surface area contributed by atoms with Crippen molar-refractivity contribution >= 4 is 32.7 Å². The number of hydrogen-bond acceptors (Lipinski definition) is 4. The number of benzene rings is 5. The number of para-hydroxylation sites is 1. The molecule has 249 valence electrons. The van der Waals surface area contributed by atoms with Crippen molar-refractivity contribution in [1.29, 1.82) is 0 Å². The minimum absolute atomic E-state index is 0. The van der Waals surface area contributed by atoms with Gasteiger partial charge in [-0.05, 0) is 83.1 Å². The van der Waals surface area contributed by atoms with Gasteiger partial charge in [0.25, 0.3) is 0 Å². The van der Waals surface area contributed by atoms with E-state index in [1.165, 1.54) is 27.6 Å². The van der Waals surface area contributed by atoms with Crippen LogP contribution in [0, 0.1) is 32.9 Å². The molecule has 0 saturated carbocycles. The zero-order chi connectivity index (χ0) is 34.0. The summed E-state index contributed by atoms with van der Waals surface area (Å²) in [4.78, 5) is 13.5. The van der Waals surface area contributed by atoms with E-state index in [-0.39, 0.29) is 20.1 Å². The van der Waals surface area contributed by atoms with Crippen molar-refractivity contribution in [3.05, 3.63) is 175 Å². The molecule has 9 rings (SSSR count). The number of rotatable bonds is 4. The van der Waals surface area contributed by atoms with Gasteiger partial charge in [-0.1, -0.05) is 83.7 Å². The molecule has 5 heteroatoms. The Balaban J connectivity index is 0.000000245. The summed E-state index contributed by atoms with van der Waals surface area (Å²) >= 11 is 0. The number of pyridine rings is 3. The first-order chi connectivity index (χ1) is 24.5. The Bertz CT molecular complexity index is 2610. The van der Waals surface area contributed by atoms with E-state index in [9.17, 15) is 0 Å². The molecule has 0 fully saturated rings. The molecule has 0 aliphatic heterocycles. The minimum atomic E-state index is 0. The van der Waals surface area contributed by atoms with Gasteiger partial charge < -0.3 is 14.4 Å². The number of fused-ring (bicyclic) bond motifs is 4. The van der Waals surface area contributed by atoms with Gasteiger partial charge >= 0.3 is 0 Å². The number of furan rings is 1. The maximum Gasteiger partial charge on any atom is 0.128 e. The van der Waals surface area contributed by atoms with Crippen molar-refractivity contribution in [2.45, 2.75) is 20.8 Å². The topological polar surface area (TPSA) is 51.8 Å². The standard InChI is InChI=1S/C34H23N2O.C12H10N.Ir/c1-21-18-25-14-16-35-20-30(25)32(22(21)2)29-13-7-11-27-26-10-6-12-28(33(26)37-34(27)29)31-19-24(15-17-36-31)23-8-4-3-5-9-23;1-10-7-8-12(13-9-10)11-5-3-2-4-6-11;/h3-11,13-20H,1-2H3;2-5,7-9H,1H3;/q2*-1;. The Kier molecular flexibility index (Phi) is 9.67. The molecule has 4 heterocycles. The SMILES string of the molecule is Cc1cc2ccncc2c(-c2cccc3c2oc2c(-c4cc(-c5ccccc5)ccn4)[c-]ccc23)c1C.Cc1ccc(-c2[c-]cccc2)nc1.[Ir]. The molecule has 0 atom stereocenters. The van der Waals surface area contributed by atoms with Gasteiger partial charge in [-0.25, -0.2) is 0 Å². The van der Waals surface area contributed by atoms with E-state index >= 15 is 0 Å². The second kappa shape index (κ2) is 14.6. The van der Waals surface area contributed by atoms with Crippen LogP contribution in [0.3, 0.4) is 0 Å².